The molecule has 0 atom stereocenters. The maximum atomic E-state index is 12.5. The lowest BCUT2D eigenvalue weighted by Crippen LogP contribution is -2.32. The van der Waals surface area contributed by atoms with Crippen LogP contribution in [-0.4, -0.2) is 29.1 Å². The maximum Gasteiger partial charge on any atom is 0.315 e. The number of anilines is 2. The molecule has 1 aromatic heterocycles. The van der Waals surface area contributed by atoms with E-state index in [9.17, 15) is 4.79 Å². The van der Waals surface area contributed by atoms with Crippen LogP contribution >= 0.6 is 11.8 Å². The first kappa shape index (κ1) is 18.6. The van der Waals surface area contributed by atoms with E-state index in [0.29, 0.717) is 22.3 Å². The number of methoxy groups -OCH3 is 2. The van der Waals surface area contributed by atoms with Crippen molar-refractivity contribution in [3.05, 3.63) is 64.4 Å². The molecule has 0 saturated carbocycles. The highest BCUT2D eigenvalue weighted by atomic mass is 32.2. The van der Waals surface area contributed by atoms with Gasteiger partial charge in [0.15, 0.2) is 0 Å². The van der Waals surface area contributed by atoms with Crippen molar-refractivity contribution >= 4 is 23.3 Å². The van der Waals surface area contributed by atoms with E-state index in [2.05, 4.69) is 15.5 Å². The van der Waals surface area contributed by atoms with Crippen LogP contribution in [0.2, 0.25) is 0 Å². The van der Waals surface area contributed by atoms with Crippen LogP contribution in [0.15, 0.2) is 58.5 Å². The highest BCUT2D eigenvalue weighted by Gasteiger charge is 2.13. The van der Waals surface area contributed by atoms with E-state index < -0.39 is 5.56 Å². The quantitative estimate of drug-likeness (QED) is 0.472. The van der Waals surface area contributed by atoms with Crippen LogP contribution in [0.4, 0.5) is 11.5 Å². The van der Waals surface area contributed by atoms with Crippen LogP contribution in [0.1, 0.15) is 5.56 Å². The summed E-state index contributed by atoms with van der Waals surface area (Å²) in [5, 5.41) is 11.3. The number of aromatic nitrogens is 3. The molecule has 9 heteroatoms. The number of nitrogens with zero attached hydrogens (tertiary/aromatic N) is 3. The third kappa shape index (κ3) is 4.14. The summed E-state index contributed by atoms with van der Waals surface area (Å²) < 4.78 is 11.6. The summed E-state index contributed by atoms with van der Waals surface area (Å²) in [6.45, 7) is 0. The minimum atomic E-state index is -0.488. The topological polar surface area (TPSA) is 104 Å². The molecule has 3 N–H and O–H groups in total. The average Bonchev–Trinajstić information content (AvgIpc) is 2.71. The van der Waals surface area contributed by atoms with Gasteiger partial charge in [0.2, 0.25) is 11.0 Å². The Morgan fingerprint density at radius 1 is 1.04 bits per heavy atom. The van der Waals surface area contributed by atoms with E-state index in [4.69, 9.17) is 15.3 Å². The number of para-hydroxylation sites is 3. The molecular weight excluding hydrogens is 366 g/mol. The molecule has 0 saturated heterocycles. The predicted octanol–water partition coefficient (Wildman–Crippen LogP) is 2.41. The van der Waals surface area contributed by atoms with Crippen LogP contribution < -0.4 is 26.2 Å². The van der Waals surface area contributed by atoms with Gasteiger partial charge >= 0.3 is 5.56 Å². The Bertz CT molecular complexity index is 993. The largest absolute Gasteiger partial charge is 0.496 e. The minimum absolute atomic E-state index is 0.0173. The molecule has 8 nitrogen and oxygen atoms in total. The summed E-state index contributed by atoms with van der Waals surface area (Å²) in [6, 6.07) is 14.8. The molecule has 0 aliphatic heterocycles. The Kier molecular flexibility index (Phi) is 5.82. The number of hydrogen-bond acceptors (Lipinski definition) is 8. The zero-order valence-corrected chi connectivity index (χ0v) is 15.7. The second kappa shape index (κ2) is 8.45. The van der Waals surface area contributed by atoms with E-state index in [0.717, 1.165) is 16.0 Å². The number of thioether (sulfide) groups is 1. The molecule has 27 heavy (non-hydrogen) atoms. The lowest BCUT2D eigenvalue weighted by Gasteiger charge is -2.12. The van der Waals surface area contributed by atoms with Gasteiger partial charge in [0.05, 0.1) is 19.9 Å². The lowest BCUT2D eigenvalue weighted by atomic mass is 10.2. The zero-order valence-electron chi connectivity index (χ0n) is 14.9. The van der Waals surface area contributed by atoms with E-state index >= 15 is 0 Å². The fraction of sp³-hybridized carbons (Fsp3) is 0.167. The summed E-state index contributed by atoms with van der Waals surface area (Å²) in [4.78, 5) is 12.5. The molecule has 3 rings (SSSR count). The molecular formula is C18H19N5O3S. The molecule has 0 amide bonds. The van der Waals surface area contributed by atoms with Crippen molar-refractivity contribution in [3.8, 4) is 11.5 Å². The summed E-state index contributed by atoms with van der Waals surface area (Å²) >= 11 is 1.30. The molecule has 3 aromatic rings. The van der Waals surface area contributed by atoms with Crippen molar-refractivity contribution in [2.75, 3.05) is 25.4 Å². The smallest absolute Gasteiger partial charge is 0.315 e. The summed E-state index contributed by atoms with van der Waals surface area (Å²) in [5.41, 5.74) is 1.08. The van der Waals surface area contributed by atoms with E-state index in [1.165, 1.54) is 11.8 Å². The van der Waals surface area contributed by atoms with E-state index in [1.54, 1.807) is 26.4 Å². The Morgan fingerprint density at radius 3 is 2.44 bits per heavy atom. The van der Waals surface area contributed by atoms with Crippen LogP contribution in [0.3, 0.4) is 0 Å². The SMILES string of the molecule is COc1ccccc1CSc1nnc(Nc2ccccc2OC)c(=O)n1N. The van der Waals surface area contributed by atoms with Gasteiger partial charge in [-0.05, 0) is 18.2 Å². The number of rotatable bonds is 7. The Hall–Kier alpha value is -3.20. The van der Waals surface area contributed by atoms with Gasteiger partial charge in [0.1, 0.15) is 11.5 Å². The van der Waals surface area contributed by atoms with Crippen LogP contribution in [-0.2, 0) is 5.75 Å². The zero-order chi connectivity index (χ0) is 19.2. The normalized spacial score (nSPS) is 10.4. The van der Waals surface area contributed by atoms with Crippen LogP contribution in [0.5, 0.6) is 11.5 Å². The van der Waals surface area contributed by atoms with Crippen molar-refractivity contribution < 1.29 is 9.47 Å². The second-order valence-corrected chi connectivity index (χ2v) is 6.37. The number of hydrogen-bond donors (Lipinski definition) is 2. The monoisotopic (exact) mass is 385 g/mol. The predicted molar refractivity (Wildman–Crippen MR) is 105 cm³/mol. The van der Waals surface area contributed by atoms with Gasteiger partial charge in [-0.2, -0.15) is 4.68 Å². The number of ether oxygens (including phenoxy) is 2. The van der Waals surface area contributed by atoms with E-state index in [1.807, 2.05) is 36.4 Å². The molecule has 0 bridgehead atoms. The molecule has 0 aliphatic carbocycles. The third-order valence-corrected chi connectivity index (χ3v) is 4.76. The standard InChI is InChI=1S/C18H19N5O3S/c1-25-14-9-5-3-7-12(14)11-27-18-22-21-16(17(24)23(18)19)20-13-8-4-6-10-15(13)26-2/h3-10H,11,19H2,1-2H3,(H,20,21). The maximum absolute atomic E-state index is 12.5. The molecule has 0 radical (unpaired) electrons. The number of nitrogens with one attached hydrogen (secondary N) is 1. The Morgan fingerprint density at radius 2 is 1.70 bits per heavy atom. The number of nitrogens with two attached hydrogens (primary N) is 1. The highest BCUT2D eigenvalue weighted by molar-refractivity contribution is 7.98. The fourth-order valence-corrected chi connectivity index (χ4v) is 3.25. The molecule has 2 aromatic carbocycles. The van der Waals surface area contributed by atoms with Gasteiger partial charge in [-0.15, -0.1) is 10.2 Å². The third-order valence-electron chi connectivity index (χ3n) is 3.77. The van der Waals surface area contributed by atoms with Gasteiger partial charge in [-0.1, -0.05) is 42.1 Å². The molecule has 0 aliphatic rings. The first-order valence-corrected chi connectivity index (χ1v) is 9.02. The minimum Gasteiger partial charge on any atom is -0.496 e. The van der Waals surface area contributed by atoms with Crippen LogP contribution in [0, 0.1) is 0 Å². The van der Waals surface area contributed by atoms with Gasteiger partial charge in [-0.3, -0.25) is 4.79 Å². The molecule has 1 heterocycles. The molecule has 0 spiro atoms. The summed E-state index contributed by atoms with van der Waals surface area (Å²) in [7, 11) is 3.16. The summed E-state index contributed by atoms with van der Waals surface area (Å²) in [5.74, 6) is 7.82. The Labute approximate surface area is 160 Å². The Balaban J connectivity index is 1.80. The molecule has 140 valence electrons. The van der Waals surface area contributed by atoms with Crippen molar-refractivity contribution in [2.45, 2.75) is 10.9 Å². The van der Waals surface area contributed by atoms with Gasteiger partial charge in [0.25, 0.3) is 0 Å². The highest BCUT2D eigenvalue weighted by Crippen LogP contribution is 2.27. The van der Waals surface area contributed by atoms with Crippen molar-refractivity contribution in [2.24, 2.45) is 0 Å². The lowest BCUT2D eigenvalue weighted by molar-refractivity contribution is 0.411. The first-order chi connectivity index (χ1) is 13.1. The van der Waals surface area contributed by atoms with Gasteiger partial charge in [0, 0.05) is 11.3 Å². The molecule has 0 unspecified atom stereocenters. The average molecular weight is 385 g/mol. The number of benzene rings is 2. The van der Waals surface area contributed by atoms with E-state index in [-0.39, 0.29) is 5.82 Å². The van der Waals surface area contributed by atoms with Crippen molar-refractivity contribution in [3.63, 3.8) is 0 Å². The van der Waals surface area contributed by atoms with Gasteiger partial charge in [-0.25, -0.2) is 0 Å². The van der Waals surface area contributed by atoms with Crippen LogP contribution in [0.25, 0.3) is 0 Å². The van der Waals surface area contributed by atoms with Crippen molar-refractivity contribution in [1.29, 1.82) is 0 Å². The second-order valence-electron chi connectivity index (χ2n) is 5.43. The fourth-order valence-electron chi connectivity index (χ4n) is 2.40. The van der Waals surface area contributed by atoms with Crippen molar-refractivity contribution in [1.82, 2.24) is 14.9 Å². The molecule has 0 fully saturated rings. The van der Waals surface area contributed by atoms with Gasteiger partial charge < -0.3 is 20.6 Å². The number of nitrogen functional groups attached to an aromatic ring is 1. The summed E-state index contributed by atoms with van der Waals surface area (Å²) in [6.07, 6.45) is 0. The first-order valence-electron chi connectivity index (χ1n) is 8.03.